The summed E-state index contributed by atoms with van der Waals surface area (Å²) < 4.78 is 2.23. The normalized spacial score (nSPS) is 10.7. The Morgan fingerprint density at radius 3 is 1.67 bits per heavy atom. The summed E-state index contributed by atoms with van der Waals surface area (Å²) in [5, 5.41) is 0. The molecular formula is C9H15W3-. The van der Waals surface area contributed by atoms with Gasteiger partial charge in [-0.25, -0.2) is 0 Å². The molecule has 12 heavy (non-hydrogen) atoms. The van der Waals surface area contributed by atoms with Crippen molar-refractivity contribution >= 4 is 4.40 Å². The molecule has 0 aliphatic rings. The molecule has 0 amide bonds. The molecule has 0 aromatic heterocycles. The molecule has 0 aliphatic carbocycles. The van der Waals surface area contributed by atoms with Crippen molar-refractivity contribution in [3.8, 4) is 0 Å². The van der Waals surface area contributed by atoms with Crippen molar-refractivity contribution in [3.63, 3.8) is 0 Å². The molecule has 0 saturated heterocycles. The Morgan fingerprint density at radius 1 is 1.17 bits per heavy atom. The van der Waals surface area contributed by atoms with Gasteiger partial charge < -0.3 is 0 Å². The number of hydrogen-bond donors (Lipinski definition) is 0. The zero-order valence-corrected chi connectivity index (χ0v) is 16.8. The van der Waals surface area contributed by atoms with Gasteiger partial charge in [-0.3, -0.25) is 0 Å². The largest absolute Gasteiger partial charge is 0 e. The molecule has 0 bridgehead atoms. The van der Waals surface area contributed by atoms with Crippen molar-refractivity contribution in [1.82, 2.24) is 0 Å². The quantitative estimate of drug-likeness (QED) is 0.404. The summed E-state index contributed by atoms with van der Waals surface area (Å²) in [6.07, 6.45) is 3.41. The molecule has 0 radical (unpaired) electrons. The van der Waals surface area contributed by atoms with Crippen molar-refractivity contribution < 1.29 is 61.5 Å². The van der Waals surface area contributed by atoms with E-state index in [-0.39, 0.29) is 42.1 Å². The molecule has 0 aromatic carbocycles. The van der Waals surface area contributed by atoms with Crippen LogP contribution in [0.4, 0.5) is 0 Å². The fourth-order valence-corrected chi connectivity index (χ4v) is 1.89. The molecular weight excluding hydrogens is 660 g/mol. The van der Waals surface area contributed by atoms with Gasteiger partial charge in [0.1, 0.15) is 0 Å². The van der Waals surface area contributed by atoms with Gasteiger partial charge in [0.25, 0.3) is 0 Å². The van der Waals surface area contributed by atoms with Crippen LogP contribution in [0.2, 0.25) is 0 Å². The van der Waals surface area contributed by atoms with E-state index in [2.05, 4.69) is 38.2 Å². The van der Waals surface area contributed by atoms with Crippen molar-refractivity contribution in [2.45, 2.75) is 27.7 Å². The molecule has 0 aromatic rings. The van der Waals surface area contributed by atoms with Crippen LogP contribution in [0.5, 0.6) is 0 Å². The third kappa shape index (κ3) is 9.76. The van der Waals surface area contributed by atoms with Gasteiger partial charge in [-0.1, -0.05) is 0 Å². The third-order valence-corrected chi connectivity index (χ3v) is 2.12. The Morgan fingerprint density at radius 2 is 1.58 bits per heavy atom. The van der Waals surface area contributed by atoms with Crippen molar-refractivity contribution in [2.24, 2.45) is 11.8 Å². The summed E-state index contributed by atoms with van der Waals surface area (Å²) >= 11 is 1.52. The molecule has 0 N–H and O–H groups in total. The van der Waals surface area contributed by atoms with Gasteiger partial charge in [-0.05, 0) is 0 Å². The topological polar surface area (TPSA) is 0 Å². The van der Waals surface area contributed by atoms with E-state index in [9.17, 15) is 0 Å². The van der Waals surface area contributed by atoms with E-state index in [0.717, 1.165) is 0 Å². The molecule has 70 valence electrons. The monoisotopic (exact) mass is 675 g/mol. The van der Waals surface area contributed by atoms with Crippen LogP contribution in [-0.4, -0.2) is 4.40 Å². The predicted octanol–water partition coefficient (Wildman–Crippen LogP) is 2.37. The average Bonchev–Trinajstić information content (AvgIpc) is 1.81. The zero-order chi connectivity index (χ0) is 8.15. The smallest absolute Gasteiger partial charge is 0 e. The Kier molecular flexibility index (Phi) is 17.3. The fraction of sp³-hybridized carbons (Fsp3) is 0.667. The molecule has 0 atom stereocenters. The van der Waals surface area contributed by atoms with Gasteiger partial charge in [0.15, 0.2) is 0 Å². The van der Waals surface area contributed by atoms with Gasteiger partial charge >= 0.3 is 74.9 Å². The first kappa shape index (κ1) is 19.3. The second-order valence-electron chi connectivity index (χ2n) is 3.03. The maximum atomic E-state index is 3.41. The SMILES string of the molecule is CC(C)[C-]=C([CH]=[W])C(C)C.[W].[W]. The maximum absolute atomic E-state index is 3.41. The summed E-state index contributed by atoms with van der Waals surface area (Å²) in [4.78, 5) is 0. The Balaban J connectivity index is -0.000000405. The minimum atomic E-state index is 0. The van der Waals surface area contributed by atoms with Crippen molar-refractivity contribution in [3.05, 3.63) is 11.6 Å². The first-order valence-corrected chi connectivity index (χ1v) is 5.35. The van der Waals surface area contributed by atoms with Crippen LogP contribution in [0.1, 0.15) is 27.7 Å². The van der Waals surface area contributed by atoms with E-state index in [4.69, 9.17) is 0 Å². The fourth-order valence-electron chi connectivity index (χ4n) is 0.670. The van der Waals surface area contributed by atoms with Gasteiger partial charge in [-0.2, -0.15) is 0 Å². The zero-order valence-electron chi connectivity index (χ0n) is 7.96. The van der Waals surface area contributed by atoms with Crippen LogP contribution < -0.4 is 0 Å². The minimum Gasteiger partial charge on any atom is 0 e. The number of rotatable bonds is 3. The number of allylic oxidation sites excluding steroid dienone is 2. The standard InChI is InChI=1S/C9H15.3W/c1-7(2)6-9(5)8(3)4;;;/h5,7-8H,1-4H3;;;/q-1;;;. The predicted molar refractivity (Wildman–Crippen MR) is 42.5 cm³/mol. The van der Waals surface area contributed by atoms with E-state index in [1.165, 1.54) is 24.9 Å². The molecule has 0 fully saturated rings. The summed E-state index contributed by atoms with van der Waals surface area (Å²) in [5.74, 6) is 1.20. The van der Waals surface area contributed by atoms with Gasteiger partial charge in [-0.15, -0.1) is 0 Å². The summed E-state index contributed by atoms with van der Waals surface area (Å²) in [6, 6.07) is 0. The molecule has 0 unspecified atom stereocenters. The molecule has 3 heteroatoms. The summed E-state index contributed by atoms with van der Waals surface area (Å²) in [6.45, 7) is 8.76. The van der Waals surface area contributed by atoms with Crippen molar-refractivity contribution in [1.29, 1.82) is 0 Å². The summed E-state index contributed by atoms with van der Waals surface area (Å²) in [7, 11) is 0. The van der Waals surface area contributed by atoms with E-state index in [1.807, 2.05) is 0 Å². The molecule has 0 rings (SSSR count). The van der Waals surface area contributed by atoms with Crippen LogP contribution in [0, 0.1) is 17.9 Å². The van der Waals surface area contributed by atoms with E-state index < -0.39 is 0 Å². The van der Waals surface area contributed by atoms with Crippen LogP contribution in [0.3, 0.4) is 0 Å². The van der Waals surface area contributed by atoms with E-state index in [1.54, 1.807) is 0 Å². The number of hydrogen-bond acceptors (Lipinski definition) is 0. The second kappa shape index (κ2) is 10.8. The molecule has 0 aliphatic heterocycles. The maximum Gasteiger partial charge on any atom is 0 e. The Hall–Kier alpha value is 1.67. The first-order valence-electron chi connectivity index (χ1n) is 3.66. The molecule has 0 spiro atoms. The van der Waals surface area contributed by atoms with Crippen LogP contribution in [0.25, 0.3) is 0 Å². The molecule has 0 heterocycles. The van der Waals surface area contributed by atoms with E-state index >= 15 is 0 Å². The molecule has 0 saturated carbocycles. The second-order valence-corrected chi connectivity index (χ2v) is 3.87. The Bertz CT molecular complexity index is 137. The average molecular weight is 675 g/mol. The van der Waals surface area contributed by atoms with Crippen LogP contribution in [-0.2, 0) is 61.5 Å². The Labute approximate surface area is 116 Å². The van der Waals surface area contributed by atoms with Crippen LogP contribution >= 0.6 is 0 Å². The third-order valence-electron chi connectivity index (χ3n) is 1.20. The first-order chi connectivity index (χ1) is 4.57. The van der Waals surface area contributed by atoms with Gasteiger partial charge in [0, 0.05) is 42.1 Å². The summed E-state index contributed by atoms with van der Waals surface area (Å²) in [5.41, 5.74) is 1.38. The van der Waals surface area contributed by atoms with Gasteiger partial charge in [0.2, 0.25) is 0 Å². The van der Waals surface area contributed by atoms with E-state index in [0.29, 0.717) is 11.8 Å². The van der Waals surface area contributed by atoms with Crippen molar-refractivity contribution in [2.75, 3.05) is 0 Å². The van der Waals surface area contributed by atoms with Gasteiger partial charge in [0.05, 0.1) is 0 Å². The minimum absolute atomic E-state index is 0. The van der Waals surface area contributed by atoms with Crippen LogP contribution in [0.15, 0.2) is 5.57 Å². The molecule has 0 nitrogen and oxygen atoms in total.